The predicted octanol–water partition coefficient (Wildman–Crippen LogP) is 9.11. The Kier molecular flexibility index (Phi) is 107. The zero-order valence-electron chi connectivity index (χ0n) is 78.8. The van der Waals surface area contributed by atoms with Crippen molar-refractivity contribution in [2.45, 2.75) is 245 Å². The van der Waals surface area contributed by atoms with Crippen LogP contribution in [0.4, 0.5) is 4.79 Å². The SMILES string of the molecule is C.C.C.C.C.C.C.CC.CC.CC.CC.CC.CC(=O)N1CC(=O)C1.CC(=O)N1CC(N2CCN([C-]=O)CC2)C1.CC(=O)N1CC(N2CCNCC2)C1.CC(=O)O.CC(C)(C)OC(=O)N1CC(=O)C1.CCC(=O)N1CC(N2CCN([C-]=O)CC2)C1.CN1CCNCC1.CO[B]O.C[C-]=O.O=C1CNC1.[Y].[Y].[Y].c1ccc(C(c2ccccc2)N2CC(N3CCCCC3)C2)cc1. The molecule has 0 aliphatic carbocycles. The van der Waals surface area contributed by atoms with E-state index in [2.05, 4.69) is 118 Å². The van der Waals surface area contributed by atoms with Gasteiger partial charge in [0.2, 0.25) is 23.6 Å². The van der Waals surface area contributed by atoms with Crippen molar-refractivity contribution < 1.29 is 175 Å². The van der Waals surface area contributed by atoms with Crippen LogP contribution in [0, 0.1) is 0 Å². The van der Waals surface area contributed by atoms with Crippen LogP contribution in [0.2, 0.25) is 0 Å². The molecule has 32 nitrogen and oxygen atoms in total. The van der Waals surface area contributed by atoms with Gasteiger partial charge in [-0.1, -0.05) is 195 Å². The first kappa shape index (κ1) is 151. The van der Waals surface area contributed by atoms with Gasteiger partial charge in [0, 0.05) is 321 Å². The van der Waals surface area contributed by atoms with Crippen molar-refractivity contribution in [1.29, 1.82) is 0 Å². The molecule has 0 bridgehead atoms. The normalized spacial score (nSPS) is 17.4. The number of piperidine rings is 1. The number of nitrogens with one attached hydrogen (secondary N) is 3. The smallest absolute Gasteiger partial charge is 0.484 e. The fourth-order valence-corrected chi connectivity index (χ4v) is 12.9. The van der Waals surface area contributed by atoms with Gasteiger partial charge in [0.15, 0.2) is 17.3 Å². The van der Waals surface area contributed by atoms with Gasteiger partial charge in [0.05, 0.1) is 45.3 Å². The fourth-order valence-electron chi connectivity index (χ4n) is 12.9. The predicted molar refractivity (Wildman–Crippen MR) is 522 cm³/mol. The van der Waals surface area contributed by atoms with Crippen LogP contribution >= 0.6 is 0 Å². The van der Waals surface area contributed by atoms with Crippen LogP contribution < -0.4 is 16.0 Å². The summed E-state index contributed by atoms with van der Waals surface area (Å²) in [6.07, 6.45) is 9.74. The molecule has 12 heterocycles. The third-order valence-electron chi connectivity index (χ3n) is 19.8. The van der Waals surface area contributed by atoms with E-state index in [1.165, 1.54) is 107 Å². The van der Waals surface area contributed by atoms with Gasteiger partial charge in [0.1, 0.15) is 5.60 Å². The molecule has 12 saturated heterocycles. The van der Waals surface area contributed by atoms with Gasteiger partial charge in [-0.15, -0.1) is 0 Å². The summed E-state index contributed by atoms with van der Waals surface area (Å²) < 4.78 is 9.00. The molecule has 0 aromatic heterocycles. The molecule has 14 rings (SSSR count). The average Bonchev–Trinajstić information content (AvgIpc) is 0.775. The first-order valence-electron chi connectivity index (χ1n) is 43.5. The van der Waals surface area contributed by atoms with Crippen molar-refractivity contribution in [2.24, 2.45) is 0 Å². The van der Waals surface area contributed by atoms with E-state index in [1.54, 1.807) is 44.4 Å². The van der Waals surface area contributed by atoms with Crippen molar-refractivity contribution >= 4 is 79.8 Å². The van der Waals surface area contributed by atoms with Crippen LogP contribution in [-0.2, 0) is 160 Å². The minimum atomic E-state index is -0.833. The zero-order valence-corrected chi connectivity index (χ0v) is 87.4. The molecule has 0 spiro atoms. The largest absolute Gasteiger partial charge is 0.542 e. The summed E-state index contributed by atoms with van der Waals surface area (Å²) in [6, 6.07) is 24.7. The maximum Gasteiger partial charge on any atom is 0.484 e. The van der Waals surface area contributed by atoms with Crippen molar-refractivity contribution in [3.8, 4) is 0 Å². The number of ether oxygens (including phenoxy) is 1. The number of carboxylic acid groups (broad SMARTS) is 1. The molecule has 5 N–H and O–H groups in total. The molecular formula is C94H183BN16O16Y3-3. The summed E-state index contributed by atoms with van der Waals surface area (Å²) in [5.74, 6) is 0.337. The number of nitrogens with zero attached hydrogens (tertiary/aromatic N) is 13. The van der Waals surface area contributed by atoms with E-state index >= 15 is 0 Å². The molecular weight excluding hydrogens is 1890 g/mol. The number of aliphatic carboxylic acids is 1. The Morgan fingerprint density at radius 2 is 0.738 bits per heavy atom. The molecule has 7 amide bonds. The van der Waals surface area contributed by atoms with E-state index < -0.39 is 17.7 Å². The van der Waals surface area contributed by atoms with E-state index in [0.717, 1.165) is 144 Å². The molecule has 12 fully saturated rings. The topological polar surface area (TPSA) is 342 Å². The molecule has 0 atom stereocenters. The number of carbonyl (C=O) groups excluding carboxylic acids is 11. The average molecular weight is 2070 g/mol. The Morgan fingerprint density at radius 1 is 0.454 bits per heavy atom. The number of amides is 7. The van der Waals surface area contributed by atoms with Crippen molar-refractivity contribution in [3.05, 3.63) is 71.8 Å². The number of hydrogen-bond acceptors (Lipinski definition) is 24. The number of benzene rings is 2. The third kappa shape index (κ3) is 64.6. The van der Waals surface area contributed by atoms with Crippen LogP contribution in [0.25, 0.3) is 0 Å². The number of hydrogen-bond donors (Lipinski definition) is 5. The summed E-state index contributed by atoms with van der Waals surface area (Å²) in [5, 5.41) is 24.4. The first-order chi connectivity index (χ1) is 57.6. The number of Topliss-reactive ketones (excluding diaryl/α,β-unsaturated/α-hetero) is 3. The first-order valence-corrected chi connectivity index (χ1v) is 43.5. The van der Waals surface area contributed by atoms with E-state index in [0.29, 0.717) is 70.2 Å². The minimum absolute atomic E-state index is 0. The molecule has 0 unspecified atom stereocenters. The van der Waals surface area contributed by atoms with E-state index in [-0.39, 0.29) is 198 Å². The number of likely N-dealkylation sites (N-methyl/N-ethyl adjacent to an activating group) is 1. The minimum Gasteiger partial charge on any atom is -0.542 e. The maximum absolute atomic E-state index is 11.4. The second-order valence-electron chi connectivity index (χ2n) is 29.5. The van der Waals surface area contributed by atoms with Gasteiger partial charge >= 0.3 is 13.8 Å². The number of rotatable bonds is 11. The van der Waals surface area contributed by atoms with Gasteiger partial charge in [-0.3, -0.25) is 74.0 Å². The third-order valence-corrected chi connectivity index (χ3v) is 19.8. The maximum atomic E-state index is 11.4. The molecule has 12 aliphatic heterocycles. The summed E-state index contributed by atoms with van der Waals surface area (Å²) in [5.41, 5.74) is 2.35. The Labute approximate surface area is 867 Å². The molecule has 36 heteroatoms. The quantitative estimate of drug-likeness (QED) is 0.103. The molecule has 2 aromatic carbocycles. The van der Waals surface area contributed by atoms with E-state index in [9.17, 15) is 47.9 Å². The van der Waals surface area contributed by atoms with Crippen molar-refractivity contribution in [1.82, 2.24) is 79.6 Å². The number of piperazine rings is 4. The Morgan fingerprint density at radius 3 is 0.985 bits per heavy atom. The van der Waals surface area contributed by atoms with Gasteiger partial charge in [-0.2, -0.15) is 19.7 Å². The molecule has 2 aromatic rings. The van der Waals surface area contributed by atoms with E-state index in [1.807, 2.05) is 104 Å². The molecule has 0 saturated carbocycles. The number of ketones is 3. The summed E-state index contributed by atoms with van der Waals surface area (Å²) in [4.78, 5) is 151. The zero-order chi connectivity index (χ0) is 91.1. The van der Waals surface area contributed by atoms with Crippen LogP contribution in [-0.4, -0.2) is 407 Å². The van der Waals surface area contributed by atoms with Gasteiger partial charge in [-0.25, -0.2) is 4.79 Å². The second kappa shape index (κ2) is 92.3. The molecule has 12 aliphatic rings. The van der Waals surface area contributed by atoms with Crippen LogP contribution in [0.3, 0.4) is 0 Å². The molecule has 750 valence electrons. The summed E-state index contributed by atoms with van der Waals surface area (Å²) in [6.45, 7) is 62.9. The second-order valence-corrected chi connectivity index (χ2v) is 29.5. The molecule has 4 radical (unpaired) electrons. The standard InChI is InChI=1S/C21H26N2.C11H18N3O2.C10H16N3O2.C9H17N3O.C8H13NO3.C5H12N2.C5H7NO2.C3H5NO.C2H4O2.C2H3O.5C2H6.CH4BO2.7CH4.3Y/c1-4-10-18(11-5-1)21(19-12-6-2-7-13-19)23-16-20(17-23)22-14-8-3-9-15-22;1-2-11(16)14-7-10(8-14)13-5-3-12(9-15)4-6-13;1-9(15)13-6-10(7-13)12-4-2-11(8-14)3-5-12;1-8(13)12-6-9(7-12)11-4-2-10-3-5-11;1-8(2,3)12-7(11)9-4-6(10)5-9;1-7-4-2-6-3-5-7;1-4(7)6-2-5(8)3-6;5-3-1-4-2-3;1-2(3)4;1-2-3;5*1-2;1-4-2-3;;;;;;;;;;/h1-2,4-7,10-13,20-21H,3,8-9,14-17H2;10H,2-8H2,1H3;10H,2-7H2,1H3;9-10H,2-7H2,1H3;4-5H2,1-3H3;6H,2-5H2,1H3;2-3H2,1H3;4H,1-2H2;1H3,(H,3,4);1H3;5*1-2H3;3H,1H3;7*1H4;;;/q;2*-1;;;;;;;-1;;;;;;;;;;;;;;;;. The van der Waals surface area contributed by atoms with Gasteiger partial charge < -0.3 is 84.2 Å². The Hall–Kier alpha value is -4.38. The summed E-state index contributed by atoms with van der Waals surface area (Å²) >= 11 is 0. The van der Waals surface area contributed by atoms with Gasteiger partial charge in [0.25, 0.3) is 5.97 Å². The van der Waals surface area contributed by atoms with Gasteiger partial charge in [-0.05, 0) is 64.9 Å². The Bertz CT molecular complexity index is 3030. The van der Waals surface area contributed by atoms with E-state index in [4.69, 9.17) is 24.5 Å². The monoisotopic (exact) mass is 2070 g/mol. The molecule has 130 heavy (non-hydrogen) atoms. The van der Waals surface area contributed by atoms with Crippen LogP contribution in [0.1, 0.15) is 226 Å². The van der Waals surface area contributed by atoms with Crippen molar-refractivity contribution in [2.75, 3.05) is 224 Å². The van der Waals surface area contributed by atoms with Crippen molar-refractivity contribution in [3.63, 3.8) is 0 Å². The Balaban J connectivity index is -0.000000120. The number of likely N-dealkylation sites (tertiary alicyclic amines) is 7. The van der Waals surface area contributed by atoms with Crippen LogP contribution in [0.5, 0.6) is 0 Å². The number of carbonyl (C=O) groups is 9. The number of carboxylic acids is 1. The van der Waals surface area contributed by atoms with Crippen LogP contribution in [0.15, 0.2) is 60.7 Å². The summed E-state index contributed by atoms with van der Waals surface area (Å²) in [7, 11) is 4.15. The fraction of sp³-hybridized carbons (Fsp3) is 0.745.